The van der Waals surface area contributed by atoms with Crippen LogP contribution in [-0.2, 0) is 0 Å². The molecule has 0 spiro atoms. The third-order valence-corrected chi connectivity index (χ3v) is 2.22. The molecule has 2 aromatic rings. The monoisotopic (exact) mass is 218 g/mol. The summed E-state index contributed by atoms with van der Waals surface area (Å²) in [4.78, 5) is 23.1. The van der Waals surface area contributed by atoms with E-state index in [4.69, 9.17) is 5.84 Å². The van der Waals surface area contributed by atoms with Gasteiger partial charge >= 0.3 is 0 Å². The lowest BCUT2D eigenvalue weighted by atomic mass is 10.1. The van der Waals surface area contributed by atoms with Gasteiger partial charge in [-0.15, -0.1) is 0 Å². The summed E-state index contributed by atoms with van der Waals surface area (Å²) < 4.78 is 0. The van der Waals surface area contributed by atoms with Gasteiger partial charge in [-0.2, -0.15) is 5.10 Å². The Hall–Kier alpha value is -2.21. The summed E-state index contributed by atoms with van der Waals surface area (Å²) in [6, 6.07) is 6.74. The van der Waals surface area contributed by atoms with E-state index in [0.29, 0.717) is 10.8 Å². The van der Waals surface area contributed by atoms with Crippen molar-refractivity contribution in [3.05, 3.63) is 40.3 Å². The van der Waals surface area contributed by atoms with E-state index in [0.717, 1.165) is 5.01 Å². The predicted octanol–water partition coefficient (Wildman–Crippen LogP) is -0.131. The molecule has 0 radical (unpaired) electrons. The predicted molar refractivity (Wildman–Crippen MR) is 58.6 cm³/mol. The van der Waals surface area contributed by atoms with Crippen molar-refractivity contribution < 1.29 is 4.79 Å². The third-order valence-electron chi connectivity index (χ3n) is 2.22. The molecule has 6 nitrogen and oxygen atoms in total. The zero-order valence-corrected chi connectivity index (χ0v) is 8.60. The highest BCUT2D eigenvalue weighted by atomic mass is 16.2. The van der Waals surface area contributed by atoms with E-state index in [1.165, 1.54) is 7.05 Å². The number of nitrogens with zero attached hydrogens (tertiary/aromatic N) is 2. The van der Waals surface area contributed by atoms with Crippen molar-refractivity contribution in [3.63, 3.8) is 0 Å². The summed E-state index contributed by atoms with van der Waals surface area (Å²) in [7, 11) is 1.42. The van der Waals surface area contributed by atoms with E-state index >= 15 is 0 Å². The van der Waals surface area contributed by atoms with Gasteiger partial charge in [0, 0.05) is 12.4 Å². The first-order chi connectivity index (χ1) is 7.61. The van der Waals surface area contributed by atoms with Gasteiger partial charge in [0.05, 0.1) is 5.39 Å². The van der Waals surface area contributed by atoms with Gasteiger partial charge in [-0.3, -0.25) is 14.6 Å². The van der Waals surface area contributed by atoms with Crippen LogP contribution in [0.15, 0.2) is 29.1 Å². The van der Waals surface area contributed by atoms with Crippen LogP contribution in [-0.4, -0.2) is 28.2 Å². The number of hydrogen-bond donors (Lipinski definition) is 2. The topological polar surface area (TPSA) is 92.1 Å². The number of H-pyrrole nitrogens is 1. The minimum Gasteiger partial charge on any atom is -0.278 e. The first-order valence-electron chi connectivity index (χ1n) is 4.61. The lowest BCUT2D eigenvalue weighted by Gasteiger charge is -2.10. The number of benzene rings is 1. The number of fused-ring (bicyclic) bond motifs is 1. The molecule has 0 fully saturated rings. The van der Waals surface area contributed by atoms with Gasteiger partial charge in [-0.25, -0.2) is 10.9 Å². The SMILES string of the molecule is CN(N)C(=O)c1n[nH]c(=O)c2ccccc12. The molecule has 0 saturated carbocycles. The molecule has 82 valence electrons. The van der Waals surface area contributed by atoms with Crippen LogP contribution in [0.4, 0.5) is 0 Å². The van der Waals surface area contributed by atoms with Gasteiger partial charge in [-0.1, -0.05) is 18.2 Å². The third kappa shape index (κ3) is 1.55. The highest BCUT2D eigenvalue weighted by molar-refractivity contribution is 6.04. The number of aromatic amines is 1. The van der Waals surface area contributed by atoms with Gasteiger partial charge in [-0.05, 0) is 6.07 Å². The second kappa shape index (κ2) is 3.74. The lowest BCUT2D eigenvalue weighted by molar-refractivity contribution is 0.0790. The quantitative estimate of drug-likeness (QED) is 0.396. The number of nitrogens with one attached hydrogen (secondary N) is 1. The van der Waals surface area contributed by atoms with Crippen molar-refractivity contribution in [1.82, 2.24) is 15.2 Å². The smallest absolute Gasteiger partial charge is 0.278 e. The number of nitrogens with two attached hydrogens (primary N) is 1. The van der Waals surface area contributed by atoms with Crippen molar-refractivity contribution in [2.24, 2.45) is 5.84 Å². The first kappa shape index (κ1) is 10.3. The van der Waals surface area contributed by atoms with E-state index in [1.54, 1.807) is 24.3 Å². The number of rotatable bonds is 1. The fraction of sp³-hybridized carbons (Fsp3) is 0.100. The zero-order valence-electron chi connectivity index (χ0n) is 8.60. The van der Waals surface area contributed by atoms with Crippen LogP contribution < -0.4 is 11.4 Å². The van der Waals surface area contributed by atoms with Crippen molar-refractivity contribution in [2.75, 3.05) is 7.05 Å². The van der Waals surface area contributed by atoms with Crippen LogP contribution in [0, 0.1) is 0 Å². The number of amides is 1. The summed E-state index contributed by atoms with van der Waals surface area (Å²) >= 11 is 0. The van der Waals surface area contributed by atoms with Crippen LogP contribution in [0.2, 0.25) is 0 Å². The Morgan fingerprint density at radius 1 is 1.38 bits per heavy atom. The number of aromatic nitrogens is 2. The van der Waals surface area contributed by atoms with Gasteiger partial charge in [0.25, 0.3) is 11.5 Å². The van der Waals surface area contributed by atoms with E-state index < -0.39 is 5.91 Å². The molecule has 3 N–H and O–H groups in total. The molecule has 0 unspecified atom stereocenters. The maximum Gasteiger partial charge on any atom is 0.288 e. The van der Waals surface area contributed by atoms with E-state index in [-0.39, 0.29) is 11.3 Å². The molecule has 0 bridgehead atoms. The highest BCUT2D eigenvalue weighted by Gasteiger charge is 2.15. The molecule has 1 aromatic carbocycles. The Bertz CT molecular complexity index is 603. The van der Waals surface area contributed by atoms with E-state index in [2.05, 4.69) is 10.2 Å². The maximum absolute atomic E-state index is 11.7. The Kier molecular flexibility index (Phi) is 2.41. The number of hydrazine groups is 1. The number of carbonyl (C=O) groups is 1. The van der Waals surface area contributed by atoms with Gasteiger partial charge in [0.15, 0.2) is 5.69 Å². The summed E-state index contributed by atoms with van der Waals surface area (Å²) in [5, 5.41) is 7.83. The van der Waals surface area contributed by atoms with Crippen LogP contribution in [0.5, 0.6) is 0 Å². The summed E-state index contributed by atoms with van der Waals surface area (Å²) in [5.74, 6) is 4.90. The first-order valence-corrected chi connectivity index (χ1v) is 4.61. The summed E-state index contributed by atoms with van der Waals surface area (Å²) in [5.41, 5.74) is -0.188. The van der Waals surface area contributed by atoms with Crippen LogP contribution in [0.3, 0.4) is 0 Å². The van der Waals surface area contributed by atoms with E-state index in [1.807, 2.05) is 0 Å². The average molecular weight is 218 g/mol. The molecule has 2 rings (SSSR count). The Labute approximate surface area is 90.6 Å². The summed E-state index contributed by atoms with van der Waals surface area (Å²) in [6.07, 6.45) is 0. The maximum atomic E-state index is 11.7. The largest absolute Gasteiger partial charge is 0.288 e. The van der Waals surface area contributed by atoms with Crippen LogP contribution in [0.25, 0.3) is 10.8 Å². The van der Waals surface area contributed by atoms with Gasteiger partial charge < -0.3 is 0 Å². The molecule has 1 aromatic heterocycles. The van der Waals surface area contributed by atoms with Gasteiger partial charge in [0.1, 0.15) is 0 Å². The van der Waals surface area contributed by atoms with Gasteiger partial charge in [0.2, 0.25) is 0 Å². The number of carbonyl (C=O) groups excluding carboxylic acids is 1. The molecule has 1 heterocycles. The molecule has 0 atom stereocenters. The molecule has 16 heavy (non-hydrogen) atoms. The fourth-order valence-corrected chi connectivity index (χ4v) is 1.44. The number of hydrogen-bond acceptors (Lipinski definition) is 4. The normalized spacial score (nSPS) is 10.4. The standard InChI is InChI=1S/C10H10N4O2/c1-14(11)10(16)8-6-4-2-3-5-7(6)9(15)13-12-8/h2-5H,11H2,1H3,(H,13,15). The minimum absolute atomic E-state index is 0.139. The molecular weight excluding hydrogens is 208 g/mol. The Balaban J connectivity index is 2.77. The highest BCUT2D eigenvalue weighted by Crippen LogP contribution is 2.12. The minimum atomic E-state index is -0.451. The second-order valence-electron chi connectivity index (χ2n) is 3.36. The lowest BCUT2D eigenvalue weighted by Crippen LogP contribution is -2.34. The van der Waals surface area contributed by atoms with Crippen molar-refractivity contribution >= 4 is 16.7 Å². The average Bonchev–Trinajstić information content (AvgIpc) is 2.29. The Morgan fingerprint density at radius 2 is 2.00 bits per heavy atom. The fourth-order valence-electron chi connectivity index (χ4n) is 1.44. The zero-order chi connectivity index (χ0) is 11.7. The Morgan fingerprint density at radius 3 is 2.62 bits per heavy atom. The van der Waals surface area contributed by atoms with Crippen molar-refractivity contribution in [1.29, 1.82) is 0 Å². The molecular formula is C10H10N4O2. The molecule has 6 heteroatoms. The van der Waals surface area contributed by atoms with E-state index in [9.17, 15) is 9.59 Å². The molecule has 0 aliphatic rings. The van der Waals surface area contributed by atoms with Crippen molar-refractivity contribution in [3.8, 4) is 0 Å². The molecule has 0 saturated heterocycles. The molecule has 0 aliphatic heterocycles. The van der Waals surface area contributed by atoms with Crippen LogP contribution >= 0.6 is 0 Å². The molecule has 0 aliphatic carbocycles. The summed E-state index contributed by atoms with van der Waals surface area (Å²) in [6.45, 7) is 0. The van der Waals surface area contributed by atoms with Crippen LogP contribution in [0.1, 0.15) is 10.5 Å². The van der Waals surface area contributed by atoms with Crippen molar-refractivity contribution in [2.45, 2.75) is 0 Å². The second-order valence-corrected chi connectivity index (χ2v) is 3.36. The molecule has 1 amide bonds.